The van der Waals surface area contributed by atoms with E-state index in [1.54, 1.807) is 0 Å². The summed E-state index contributed by atoms with van der Waals surface area (Å²) in [7, 11) is 0. The quantitative estimate of drug-likeness (QED) is 0.879. The largest absolute Gasteiger partial charge is 0.375 e. The lowest BCUT2D eigenvalue weighted by molar-refractivity contribution is 0.0650. The van der Waals surface area contributed by atoms with Gasteiger partial charge in [0.2, 0.25) is 0 Å². The third kappa shape index (κ3) is 2.91. The highest BCUT2D eigenvalue weighted by Crippen LogP contribution is 2.25. The summed E-state index contributed by atoms with van der Waals surface area (Å²) in [5, 5.41) is 0.535. The number of hydrogen-bond acceptors (Lipinski definition) is 5. The smallest absolute Gasteiger partial charge is 0.253 e. The molecule has 1 aliphatic heterocycles. The van der Waals surface area contributed by atoms with E-state index in [4.69, 9.17) is 5.73 Å². The van der Waals surface area contributed by atoms with E-state index in [9.17, 15) is 4.79 Å². The normalized spacial score (nSPS) is 16.3. The summed E-state index contributed by atoms with van der Waals surface area (Å²) >= 11 is 1.41. The number of carbonyl (C=O) groups excluding carboxylic acids is 1. The molecule has 5 nitrogen and oxygen atoms in total. The number of aromatic nitrogens is 1. The molecule has 2 aromatic rings. The van der Waals surface area contributed by atoms with Gasteiger partial charge in [0.25, 0.3) is 5.91 Å². The highest BCUT2D eigenvalue weighted by molar-refractivity contribution is 7.22. The van der Waals surface area contributed by atoms with Crippen LogP contribution < -0.4 is 5.73 Å². The van der Waals surface area contributed by atoms with Crippen molar-refractivity contribution in [2.75, 3.05) is 38.5 Å². The average molecular weight is 302 g/mol. The maximum absolute atomic E-state index is 12.6. The molecule has 0 spiro atoms. The van der Waals surface area contributed by atoms with Crippen molar-refractivity contribution in [2.45, 2.75) is 0 Å². The first-order valence-corrected chi connectivity index (χ1v) is 7.77. The number of benzene rings is 1. The second kappa shape index (κ2) is 5.83. The molecule has 1 fully saturated rings. The van der Waals surface area contributed by atoms with E-state index >= 15 is 0 Å². The lowest BCUT2D eigenvalue weighted by Gasteiger charge is -2.34. The summed E-state index contributed by atoms with van der Waals surface area (Å²) < 4.78 is 0.962. The number of nitrogens with zero attached hydrogens (tertiary/aromatic N) is 3. The van der Waals surface area contributed by atoms with E-state index in [0.717, 1.165) is 42.9 Å². The van der Waals surface area contributed by atoms with Crippen molar-refractivity contribution in [3.05, 3.63) is 36.4 Å². The van der Waals surface area contributed by atoms with Crippen LogP contribution in [0.1, 0.15) is 10.4 Å². The molecule has 0 radical (unpaired) electrons. The molecule has 2 heterocycles. The van der Waals surface area contributed by atoms with Crippen LogP contribution in [0, 0.1) is 0 Å². The summed E-state index contributed by atoms with van der Waals surface area (Å²) in [6, 6.07) is 5.59. The van der Waals surface area contributed by atoms with Gasteiger partial charge in [0.15, 0.2) is 5.13 Å². The Labute approximate surface area is 127 Å². The Bertz CT molecular complexity index is 673. The Balaban J connectivity index is 1.73. The van der Waals surface area contributed by atoms with Gasteiger partial charge in [0.1, 0.15) is 0 Å². The van der Waals surface area contributed by atoms with Gasteiger partial charge >= 0.3 is 0 Å². The van der Waals surface area contributed by atoms with Crippen LogP contribution in [0.3, 0.4) is 0 Å². The summed E-state index contributed by atoms with van der Waals surface area (Å²) in [6.07, 6.45) is 1.90. The zero-order valence-electron chi connectivity index (χ0n) is 11.8. The zero-order chi connectivity index (χ0) is 14.8. The van der Waals surface area contributed by atoms with Gasteiger partial charge in [-0.2, -0.15) is 0 Å². The fourth-order valence-corrected chi connectivity index (χ4v) is 3.35. The van der Waals surface area contributed by atoms with Gasteiger partial charge < -0.3 is 10.6 Å². The number of amides is 1. The highest BCUT2D eigenvalue weighted by atomic mass is 32.1. The lowest BCUT2D eigenvalue weighted by atomic mass is 10.1. The van der Waals surface area contributed by atoms with Gasteiger partial charge in [-0.3, -0.25) is 9.69 Å². The lowest BCUT2D eigenvalue weighted by Crippen LogP contribution is -2.48. The number of nitrogen functional groups attached to an aromatic ring is 1. The van der Waals surface area contributed by atoms with E-state index in [1.165, 1.54) is 11.3 Å². The second-order valence-corrected chi connectivity index (χ2v) is 6.18. The first-order valence-electron chi connectivity index (χ1n) is 6.96. The van der Waals surface area contributed by atoms with Crippen molar-refractivity contribution >= 4 is 32.6 Å². The summed E-state index contributed by atoms with van der Waals surface area (Å²) in [5.41, 5.74) is 7.26. The fraction of sp³-hybridized carbons (Fsp3) is 0.333. The van der Waals surface area contributed by atoms with Gasteiger partial charge in [-0.25, -0.2) is 4.98 Å². The molecule has 1 aliphatic rings. The maximum atomic E-state index is 12.6. The summed E-state index contributed by atoms with van der Waals surface area (Å²) in [4.78, 5) is 21.0. The van der Waals surface area contributed by atoms with Gasteiger partial charge in [0, 0.05) is 38.3 Å². The summed E-state index contributed by atoms with van der Waals surface area (Å²) in [6.45, 7) is 7.94. The molecule has 6 heteroatoms. The molecule has 1 amide bonds. The van der Waals surface area contributed by atoms with E-state index in [2.05, 4.69) is 16.5 Å². The average Bonchev–Trinajstić information content (AvgIpc) is 2.86. The van der Waals surface area contributed by atoms with Crippen LogP contribution in [0.5, 0.6) is 0 Å². The van der Waals surface area contributed by atoms with Gasteiger partial charge in [-0.15, -0.1) is 6.58 Å². The number of hydrogen-bond donors (Lipinski definition) is 1. The SMILES string of the molecule is C=CCN1CCN(C(=O)c2ccc3nc(N)sc3c2)CC1. The van der Waals surface area contributed by atoms with E-state index in [-0.39, 0.29) is 5.91 Å². The van der Waals surface area contributed by atoms with Gasteiger partial charge in [0.05, 0.1) is 10.2 Å². The predicted octanol–water partition coefficient (Wildman–Crippen LogP) is 1.82. The second-order valence-electron chi connectivity index (χ2n) is 5.12. The molecule has 1 aromatic carbocycles. The van der Waals surface area contributed by atoms with Crippen LogP contribution in [-0.4, -0.2) is 53.4 Å². The van der Waals surface area contributed by atoms with E-state index in [0.29, 0.717) is 10.7 Å². The number of piperazine rings is 1. The van der Waals surface area contributed by atoms with Crippen molar-refractivity contribution in [1.29, 1.82) is 0 Å². The molecular weight excluding hydrogens is 284 g/mol. The Morgan fingerprint density at radius 2 is 2.14 bits per heavy atom. The molecular formula is C15H18N4OS. The van der Waals surface area contributed by atoms with Crippen LogP contribution in [0.2, 0.25) is 0 Å². The minimum Gasteiger partial charge on any atom is -0.375 e. The highest BCUT2D eigenvalue weighted by Gasteiger charge is 2.21. The number of carbonyl (C=O) groups is 1. The number of fused-ring (bicyclic) bond motifs is 1. The fourth-order valence-electron chi connectivity index (χ4n) is 2.57. The Kier molecular flexibility index (Phi) is 3.90. The number of thiazole rings is 1. The number of anilines is 1. The topological polar surface area (TPSA) is 62.5 Å². The molecule has 1 aromatic heterocycles. The standard InChI is InChI=1S/C15H18N4OS/c1-2-5-18-6-8-19(9-7-18)14(20)11-3-4-12-13(10-11)21-15(16)17-12/h2-4,10H,1,5-9H2,(H2,16,17). The molecule has 0 saturated carbocycles. The third-order valence-corrected chi connectivity index (χ3v) is 4.55. The predicted molar refractivity (Wildman–Crippen MR) is 86.6 cm³/mol. The van der Waals surface area contributed by atoms with Crippen LogP contribution in [0.25, 0.3) is 10.2 Å². The van der Waals surface area contributed by atoms with Gasteiger partial charge in [-0.05, 0) is 18.2 Å². The molecule has 0 aliphatic carbocycles. The molecule has 0 atom stereocenters. The molecule has 0 bridgehead atoms. The van der Waals surface area contributed by atoms with Crippen LogP contribution in [0.4, 0.5) is 5.13 Å². The summed E-state index contributed by atoms with van der Waals surface area (Å²) in [5.74, 6) is 0.0853. The first-order chi connectivity index (χ1) is 10.2. The molecule has 2 N–H and O–H groups in total. The van der Waals surface area contributed by atoms with Gasteiger partial charge in [-0.1, -0.05) is 17.4 Å². The Morgan fingerprint density at radius 1 is 1.38 bits per heavy atom. The van der Waals surface area contributed by atoms with Crippen molar-refractivity contribution in [1.82, 2.24) is 14.8 Å². The van der Waals surface area contributed by atoms with Crippen molar-refractivity contribution in [2.24, 2.45) is 0 Å². The minimum atomic E-state index is 0.0853. The van der Waals surface area contributed by atoms with Crippen LogP contribution in [-0.2, 0) is 0 Å². The number of rotatable bonds is 3. The minimum absolute atomic E-state index is 0.0853. The van der Waals surface area contributed by atoms with E-state index in [1.807, 2.05) is 29.2 Å². The number of nitrogens with two attached hydrogens (primary N) is 1. The molecule has 110 valence electrons. The van der Waals surface area contributed by atoms with Crippen LogP contribution >= 0.6 is 11.3 Å². The molecule has 21 heavy (non-hydrogen) atoms. The van der Waals surface area contributed by atoms with Crippen molar-refractivity contribution < 1.29 is 4.79 Å². The molecule has 1 saturated heterocycles. The van der Waals surface area contributed by atoms with Crippen molar-refractivity contribution in [3.63, 3.8) is 0 Å². The zero-order valence-corrected chi connectivity index (χ0v) is 12.6. The Morgan fingerprint density at radius 3 is 2.86 bits per heavy atom. The first kappa shape index (κ1) is 14.0. The maximum Gasteiger partial charge on any atom is 0.253 e. The third-order valence-electron chi connectivity index (χ3n) is 3.70. The monoisotopic (exact) mass is 302 g/mol. The van der Waals surface area contributed by atoms with Crippen molar-refractivity contribution in [3.8, 4) is 0 Å². The molecule has 0 unspecified atom stereocenters. The van der Waals surface area contributed by atoms with Crippen LogP contribution in [0.15, 0.2) is 30.9 Å². The van der Waals surface area contributed by atoms with E-state index < -0.39 is 0 Å². The molecule has 3 rings (SSSR count). The Hall–Kier alpha value is -1.92.